The smallest absolute Gasteiger partial charge is 0.0172 e. The van der Waals surface area contributed by atoms with Crippen LogP contribution in [-0.4, -0.2) is 25.0 Å². The second-order valence-electron chi connectivity index (χ2n) is 5.70. The minimum Gasteiger partial charge on any atom is -0.388 e. The number of nitrogens with one attached hydrogen (secondary N) is 1. The minimum absolute atomic E-state index is 0.160. The lowest BCUT2D eigenvalue weighted by Gasteiger charge is -2.24. The van der Waals surface area contributed by atoms with E-state index in [1.807, 2.05) is 0 Å². The van der Waals surface area contributed by atoms with Crippen molar-refractivity contribution in [2.75, 3.05) is 20.1 Å². The number of nitrogens with zero attached hydrogens (tertiary/aromatic N) is 1. The van der Waals surface area contributed by atoms with E-state index in [2.05, 4.69) is 58.1 Å². The molecule has 0 heterocycles. The largest absolute Gasteiger partial charge is 0.388 e. The Morgan fingerprint density at radius 2 is 1.76 bits per heavy atom. The molecule has 1 N–H and O–H groups in total. The van der Waals surface area contributed by atoms with E-state index in [0.717, 1.165) is 25.2 Å². The number of rotatable bonds is 8. The zero-order chi connectivity index (χ0) is 13.5. The Morgan fingerprint density at radius 3 is 2.24 bits per heavy atom. The first-order valence-corrected chi connectivity index (χ1v) is 6.61. The Morgan fingerprint density at radius 1 is 1.18 bits per heavy atom. The van der Waals surface area contributed by atoms with Crippen molar-refractivity contribution in [1.29, 1.82) is 0 Å². The fourth-order valence-electron chi connectivity index (χ4n) is 1.41. The lowest BCUT2D eigenvalue weighted by molar-refractivity contribution is 0.389. The molecule has 0 radical (unpaired) electrons. The van der Waals surface area contributed by atoms with E-state index in [9.17, 15) is 0 Å². The van der Waals surface area contributed by atoms with Gasteiger partial charge >= 0.3 is 0 Å². The van der Waals surface area contributed by atoms with Crippen molar-refractivity contribution < 1.29 is 0 Å². The Labute approximate surface area is 108 Å². The average molecular weight is 238 g/mol. The van der Waals surface area contributed by atoms with Crippen molar-refractivity contribution in [2.24, 2.45) is 5.41 Å². The molecule has 2 nitrogen and oxygen atoms in total. The summed E-state index contributed by atoms with van der Waals surface area (Å²) in [6.45, 7) is 18.9. The van der Waals surface area contributed by atoms with Crippen LogP contribution in [0.2, 0.25) is 0 Å². The highest BCUT2D eigenvalue weighted by atomic mass is 15.1. The molecule has 0 bridgehead atoms. The fraction of sp³-hybridized carbons (Fsp3) is 0.733. The molecule has 0 spiro atoms. The van der Waals surface area contributed by atoms with Gasteiger partial charge in [0.15, 0.2) is 0 Å². The highest BCUT2D eigenvalue weighted by Crippen LogP contribution is 2.20. The van der Waals surface area contributed by atoms with Crippen LogP contribution >= 0.6 is 0 Å². The predicted octanol–water partition coefficient (Wildman–Crippen LogP) is 3.77. The van der Waals surface area contributed by atoms with Crippen molar-refractivity contribution in [1.82, 2.24) is 10.2 Å². The summed E-state index contributed by atoms with van der Waals surface area (Å²) in [5.41, 5.74) is 2.51. The van der Waals surface area contributed by atoms with E-state index in [-0.39, 0.29) is 5.41 Å². The molecule has 0 aliphatic heterocycles. The first-order chi connectivity index (χ1) is 7.79. The molecule has 0 rings (SSSR count). The van der Waals surface area contributed by atoms with Gasteiger partial charge in [0.1, 0.15) is 0 Å². The van der Waals surface area contributed by atoms with Gasteiger partial charge in [-0.15, -0.1) is 0 Å². The van der Waals surface area contributed by atoms with Gasteiger partial charge < -0.3 is 10.2 Å². The maximum absolute atomic E-state index is 4.06. The Bertz CT molecular complexity index is 248. The Hall–Kier alpha value is -0.920. The van der Waals surface area contributed by atoms with Gasteiger partial charge in [-0.25, -0.2) is 0 Å². The van der Waals surface area contributed by atoms with Crippen molar-refractivity contribution >= 4 is 0 Å². The third-order valence-corrected chi connectivity index (χ3v) is 3.11. The summed E-state index contributed by atoms with van der Waals surface area (Å²) < 4.78 is 0. The molecule has 0 amide bonds. The Balaban J connectivity index is 3.60. The number of unbranched alkanes of at least 4 members (excludes halogenated alkanes) is 1. The summed E-state index contributed by atoms with van der Waals surface area (Å²) >= 11 is 0. The van der Waals surface area contributed by atoms with Crippen molar-refractivity contribution in [3.63, 3.8) is 0 Å². The van der Waals surface area contributed by atoms with Crippen LogP contribution in [0.4, 0.5) is 0 Å². The van der Waals surface area contributed by atoms with E-state index >= 15 is 0 Å². The highest BCUT2D eigenvalue weighted by Gasteiger charge is 2.13. The molecule has 0 atom stereocenters. The third-order valence-electron chi connectivity index (χ3n) is 3.11. The molecule has 100 valence electrons. The van der Waals surface area contributed by atoms with Gasteiger partial charge in [-0.1, -0.05) is 40.9 Å². The van der Waals surface area contributed by atoms with Crippen molar-refractivity contribution in [3.8, 4) is 0 Å². The summed E-state index contributed by atoms with van der Waals surface area (Å²) in [5.74, 6) is 0. The second kappa shape index (κ2) is 7.41. The molecule has 0 fully saturated rings. The summed E-state index contributed by atoms with van der Waals surface area (Å²) in [6, 6.07) is 0. The van der Waals surface area contributed by atoms with Crippen LogP contribution in [0.15, 0.2) is 24.6 Å². The molecule has 0 aromatic carbocycles. The van der Waals surface area contributed by atoms with E-state index in [1.165, 1.54) is 18.5 Å². The van der Waals surface area contributed by atoms with Crippen LogP contribution in [0.25, 0.3) is 0 Å². The van der Waals surface area contributed by atoms with Crippen LogP contribution in [0.3, 0.4) is 0 Å². The molecular weight excluding hydrogens is 208 g/mol. The molecule has 0 aromatic heterocycles. The summed E-state index contributed by atoms with van der Waals surface area (Å²) in [6.07, 6.45) is 3.41. The van der Waals surface area contributed by atoms with Crippen LogP contribution in [0.1, 0.15) is 47.0 Å². The number of hydrogen-bond acceptors (Lipinski definition) is 2. The van der Waals surface area contributed by atoms with Gasteiger partial charge in [0, 0.05) is 36.9 Å². The van der Waals surface area contributed by atoms with Crippen LogP contribution in [0, 0.1) is 5.41 Å². The van der Waals surface area contributed by atoms with Gasteiger partial charge in [0.2, 0.25) is 0 Å². The van der Waals surface area contributed by atoms with Gasteiger partial charge in [0.05, 0.1) is 0 Å². The molecule has 0 aromatic rings. The molecule has 0 aliphatic carbocycles. The van der Waals surface area contributed by atoms with Gasteiger partial charge in [-0.05, 0) is 19.3 Å². The Kier molecular flexibility index (Phi) is 7.01. The predicted molar refractivity (Wildman–Crippen MR) is 77.9 cm³/mol. The van der Waals surface area contributed by atoms with Crippen LogP contribution < -0.4 is 5.32 Å². The molecule has 0 saturated heterocycles. The van der Waals surface area contributed by atoms with Gasteiger partial charge in [-0.3, -0.25) is 0 Å². The maximum Gasteiger partial charge on any atom is 0.0172 e. The summed E-state index contributed by atoms with van der Waals surface area (Å²) in [7, 11) is 2.12. The van der Waals surface area contributed by atoms with Crippen LogP contribution in [0.5, 0.6) is 0 Å². The summed E-state index contributed by atoms with van der Waals surface area (Å²) in [5, 5.41) is 3.40. The second-order valence-corrected chi connectivity index (χ2v) is 5.70. The maximum atomic E-state index is 4.06. The van der Waals surface area contributed by atoms with Gasteiger partial charge in [0.25, 0.3) is 0 Å². The standard InChI is InChI=1S/C15H30N2/c1-8-13(2)17(7)12-10-9-11-16-14(3)15(4,5)6/h16H,2-3,8-12H2,1,4-7H3. The molecule has 0 saturated carbocycles. The van der Waals surface area contributed by atoms with E-state index in [0.29, 0.717) is 0 Å². The molecule has 0 unspecified atom stereocenters. The monoisotopic (exact) mass is 238 g/mol. The molecular formula is C15H30N2. The number of allylic oxidation sites excluding steroid dienone is 2. The van der Waals surface area contributed by atoms with E-state index < -0.39 is 0 Å². The third kappa shape index (κ3) is 7.09. The quantitative estimate of drug-likeness (QED) is 0.648. The lowest BCUT2D eigenvalue weighted by atomic mass is 9.93. The first-order valence-electron chi connectivity index (χ1n) is 6.61. The van der Waals surface area contributed by atoms with Crippen LogP contribution in [-0.2, 0) is 0 Å². The van der Waals surface area contributed by atoms with Crippen molar-refractivity contribution in [2.45, 2.75) is 47.0 Å². The van der Waals surface area contributed by atoms with E-state index in [1.54, 1.807) is 0 Å². The lowest BCUT2D eigenvalue weighted by Crippen LogP contribution is -2.25. The molecule has 17 heavy (non-hydrogen) atoms. The zero-order valence-electron chi connectivity index (χ0n) is 12.4. The van der Waals surface area contributed by atoms with Gasteiger partial charge in [-0.2, -0.15) is 0 Å². The van der Waals surface area contributed by atoms with E-state index in [4.69, 9.17) is 0 Å². The number of hydrogen-bond donors (Lipinski definition) is 1. The van der Waals surface area contributed by atoms with Crippen molar-refractivity contribution in [3.05, 3.63) is 24.6 Å². The topological polar surface area (TPSA) is 15.3 Å². The minimum atomic E-state index is 0.160. The SMILES string of the molecule is C=C(CC)N(C)CCCCNC(=C)C(C)(C)C. The first kappa shape index (κ1) is 16.1. The normalized spacial score (nSPS) is 11.1. The average Bonchev–Trinajstić information content (AvgIpc) is 2.25. The highest BCUT2D eigenvalue weighted by molar-refractivity contribution is 5.02. The zero-order valence-corrected chi connectivity index (χ0v) is 12.4. The molecule has 2 heteroatoms. The molecule has 0 aliphatic rings. The summed E-state index contributed by atoms with van der Waals surface area (Å²) in [4.78, 5) is 2.25. The fourth-order valence-corrected chi connectivity index (χ4v) is 1.41.